The van der Waals surface area contributed by atoms with E-state index in [9.17, 15) is 14.9 Å². The minimum atomic E-state index is -0.528. The lowest BCUT2D eigenvalue weighted by atomic mass is 10.1. The summed E-state index contributed by atoms with van der Waals surface area (Å²) in [6.45, 7) is 1.87. The van der Waals surface area contributed by atoms with Gasteiger partial charge in [0, 0.05) is 17.7 Å². The van der Waals surface area contributed by atoms with Gasteiger partial charge in [0.2, 0.25) is 5.76 Å². The first-order chi connectivity index (χ1) is 11.0. The average Bonchev–Trinajstić information content (AvgIpc) is 3.25. The standard InChI is InChI=1S/C16H14ClNO5/c1-9(10-2-3-10)22-16(19)15-7-6-14(23-15)12-5-4-11(18(20)21)8-13(12)17/h4-10H,2-3H2,1H3. The Morgan fingerprint density at radius 3 is 2.74 bits per heavy atom. The number of benzene rings is 1. The molecule has 120 valence electrons. The van der Waals surface area contributed by atoms with Crippen LogP contribution in [0.4, 0.5) is 5.69 Å². The van der Waals surface area contributed by atoms with Crippen molar-refractivity contribution in [2.24, 2.45) is 5.92 Å². The van der Waals surface area contributed by atoms with Crippen molar-refractivity contribution >= 4 is 23.3 Å². The Morgan fingerprint density at radius 2 is 2.13 bits per heavy atom. The van der Waals surface area contributed by atoms with E-state index in [1.54, 1.807) is 6.07 Å². The van der Waals surface area contributed by atoms with Crippen LogP contribution in [0.5, 0.6) is 0 Å². The Hall–Kier alpha value is -2.34. The second-order valence-corrected chi connectivity index (χ2v) is 5.94. The van der Waals surface area contributed by atoms with E-state index >= 15 is 0 Å². The Kier molecular flexibility index (Phi) is 4.09. The van der Waals surface area contributed by atoms with Crippen LogP contribution >= 0.6 is 11.6 Å². The normalized spacial score (nSPS) is 15.2. The van der Waals surface area contributed by atoms with Gasteiger partial charge in [-0.05, 0) is 43.9 Å². The number of carbonyl (C=O) groups excluding carboxylic acids is 1. The summed E-state index contributed by atoms with van der Waals surface area (Å²) in [5, 5.41) is 10.9. The summed E-state index contributed by atoms with van der Waals surface area (Å²) in [6, 6.07) is 7.16. The van der Waals surface area contributed by atoms with Gasteiger partial charge in [-0.25, -0.2) is 4.79 Å². The van der Waals surface area contributed by atoms with E-state index in [0.717, 1.165) is 12.8 Å². The largest absolute Gasteiger partial charge is 0.457 e. The van der Waals surface area contributed by atoms with Crippen LogP contribution in [0.15, 0.2) is 34.7 Å². The van der Waals surface area contributed by atoms with Crippen LogP contribution in [0.3, 0.4) is 0 Å². The van der Waals surface area contributed by atoms with E-state index in [1.165, 1.54) is 24.3 Å². The Morgan fingerprint density at radius 1 is 1.39 bits per heavy atom. The molecule has 0 radical (unpaired) electrons. The van der Waals surface area contributed by atoms with E-state index in [0.29, 0.717) is 17.2 Å². The minimum absolute atomic E-state index is 0.0851. The molecule has 0 amide bonds. The highest BCUT2D eigenvalue weighted by Crippen LogP contribution is 2.35. The van der Waals surface area contributed by atoms with Crippen LogP contribution in [-0.2, 0) is 4.74 Å². The predicted molar refractivity (Wildman–Crippen MR) is 83.4 cm³/mol. The molecule has 2 aromatic rings. The number of non-ortho nitro benzene ring substituents is 1. The average molecular weight is 336 g/mol. The summed E-state index contributed by atoms with van der Waals surface area (Å²) in [5.74, 6) is 0.365. The number of carbonyl (C=O) groups is 1. The van der Waals surface area contributed by atoms with Crippen molar-refractivity contribution in [3.63, 3.8) is 0 Å². The number of esters is 1. The number of nitro benzene ring substituents is 1. The number of nitrogens with zero attached hydrogens (tertiary/aromatic N) is 1. The molecule has 1 unspecified atom stereocenters. The predicted octanol–water partition coefficient (Wildman–Crippen LogP) is 4.46. The molecule has 0 spiro atoms. The van der Waals surface area contributed by atoms with Gasteiger partial charge >= 0.3 is 5.97 Å². The molecule has 23 heavy (non-hydrogen) atoms. The number of halogens is 1. The second kappa shape index (κ2) is 6.04. The maximum atomic E-state index is 12.0. The van der Waals surface area contributed by atoms with Crippen molar-refractivity contribution in [2.45, 2.75) is 25.9 Å². The maximum absolute atomic E-state index is 12.0. The molecule has 0 aliphatic heterocycles. The van der Waals surface area contributed by atoms with Gasteiger partial charge in [0.1, 0.15) is 11.9 Å². The molecule has 1 aliphatic rings. The zero-order valence-corrected chi connectivity index (χ0v) is 13.1. The summed E-state index contributed by atoms with van der Waals surface area (Å²) in [7, 11) is 0. The Balaban J connectivity index is 1.78. The van der Waals surface area contributed by atoms with Gasteiger partial charge in [-0.3, -0.25) is 10.1 Å². The fraction of sp³-hybridized carbons (Fsp3) is 0.312. The van der Waals surface area contributed by atoms with Crippen LogP contribution in [0.2, 0.25) is 5.02 Å². The first-order valence-electron chi connectivity index (χ1n) is 7.21. The fourth-order valence-electron chi connectivity index (χ4n) is 2.30. The van der Waals surface area contributed by atoms with Gasteiger partial charge in [0.25, 0.3) is 5.69 Å². The number of furan rings is 1. The van der Waals surface area contributed by atoms with Gasteiger partial charge in [-0.1, -0.05) is 11.6 Å². The van der Waals surface area contributed by atoms with Crippen LogP contribution < -0.4 is 0 Å². The fourth-order valence-corrected chi connectivity index (χ4v) is 2.57. The van der Waals surface area contributed by atoms with Gasteiger partial charge < -0.3 is 9.15 Å². The highest BCUT2D eigenvalue weighted by molar-refractivity contribution is 6.33. The molecule has 0 saturated heterocycles. The molecule has 1 aromatic heterocycles. The van der Waals surface area contributed by atoms with Crippen molar-refractivity contribution in [2.75, 3.05) is 0 Å². The molecule has 1 heterocycles. The summed E-state index contributed by atoms with van der Waals surface area (Å²) in [5.41, 5.74) is 0.370. The van der Waals surface area contributed by atoms with E-state index in [1.807, 2.05) is 6.92 Å². The quantitative estimate of drug-likeness (QED) is 0.457. The minimum Gasteiger partial charge on any atom is -0.457 e. The topological polar surface area (TPSA) is 82.6 Å². The molecule has 1 fully saturated rings. The van der Waals surface area contributed by atoms with E-state index in [4.69, 9.17) is 20.8 Å². The molecule has 1 aliphatic carbocycles. The molecule has 1 aromatic carbocycles. The van der Waals surface area contributed by atoms with Crippen molar-refractivity contribution in [1.29, 1.82) is 0 Å². The Bertz CT molecular complexity index is 766. The highest BCUT2D eigenvalue weighted by atomic mass is 35.5. The lowest BCUT2D eigenvalue weighted by molar-refractivity contribution is -0.384. The second-order valence-electron chi connectivity index (χ2n) is 5.53. The molecule has 1 saturated carbocycles. The maximum Gasteiger partial charge on any atom is 0.374 e. The van der Waals surface area contributed by atoms with Crippen molar-refractivity contribution < 1.29 is 18.9 Å². The molecular formula is C16H14ClNO5. The number of rotatable bonds is 5. The smallest absolute Gasteiger partial charge is 0.374 e. The van der Waals surface area contributed by atoms with Gasteiger partial charge in [0.15, 0.2) is 0 Å². The SMILES string of the molecule is CC(OC(=O)c1ccc(-c2ccc([N+](=O)[O-])cc2Cl)o1)C1CC1. The van der Waals surface area contributed by atoms with Crippen molar-refractivity contribution in [3.8, 4) is 11.3 Å². The van der Waals surface area contributed by atoms with Gasteiger partial charge in [-0.2, -0.15) is 0 Å². The summed E-state index contributed by atoms with van der Waals surface area (Å²) >= 11 is 6.05. The lowest BCUT2D eigenvalue weighted by Crippen LogP contribution is -2.16. The first-order valence-corrected chi connectivity index (χ1v) is 7.58. The van der Waals surface area contributed by atoms with Crippen LogP contribution in [0.25, 0.3) is 11.3 Å². The van der Waals surface area contributed by atoms with Crippen molar-refractivity contribution in [1.82, 2.24) is 0 Å². The number of ether oxygens (including phenoxy) is 1. The lowest BCUT2D eigenvalue weighted by Gasteiger charge is -2.10. The number of hydrogen-bond donors (Lipinski definition) is 0. The monoisotopic (exact) mass is 335 g/mol. The molecule has 1 atom stereocenters. The number of hydrogen-bond acceptors (Lipinski definition) is 5. The van der Waals surface area contributed by atoms with Crippen molar-refractivity contribution in [3.05, 3.63) is 51.2 Å². The third kappa shape index (κ3) is 3.37. The van der Waals surface area contributed by atoms with Gasteiger partial charge in [-0.15, -0.1) is 0 Å². The van der Waals surface area contributed by atoms with Crippen LogP contribution in [0, 0.1) is 16.0 Å². The molecular weight excluding hydrogens is 322 g/mol. The summed E-state index contributed by atoms with van der Waals surface area (Å²) in [6.07, 6.45) is 2.03. The molecule has 6 nitrogen and oxygen atoms in total. The third-order valence-corrected chi connectivity index (χ3v) is 4.13. The Labute approximate surface area is 137 Å². The highest BCUT2D eigenvalue weighted by Gasteiger charge is 2.31. The molecule has 0 N–H and O–H groups in total. The van der Waals surface area contributed by atoms with Gasteiger partial charge in [0.05, 0.1) is 9.95 Å². The van der Waals surface area contributed by atoms with Crippen LogP contribution in [0.1, 0.15) is 30.3 Å². The summed E-state index contributed by atoms with van der Waals surface area (Å²) < 4.78 is 10.8. The number of nitro groups is 1. The zero-order chi connectivity index (χ0) is 16.6. The molecule has 0 bridgehead atoms. The van der Waals surface area contributed by atoms with E-state index in [2.05, 4.69) is 0 Å². The van der Waals surface area contributed by atoms with E-state index < -0.39 is 10.9 Å². The summed E-state index contributed by atoms with van der Waals surface area (Å²) in [4.78, 5) is 22.2. The molecule has 7 heteroatoms. The molecule has 3 rings (SSSR count). The first kappa shape index (κ1) is 15.6. The third-order valence-electron chi connectivity index (χ3n) is 3.81. The zero-order valence-electron chi connectivity index (χ0n) is 12.3. The van der Waals surface area contributed by atoms with Crippen LogP contribution in [-0.4, -0.2) is 17.0 Å². The van der Waals surface area contributed by atoms with E-state index in [-0.39, 0.29) is 22.6 Å².